The summed E-state index contributed by atoms with van der Waals surface area (Å²) >= 11 is 0. The Kier molecular flexibility index (Phi) is 9.78. The SMILES string of the molecule is CC.CCCCCCCCC1CC(=O)OC1=O. The Morgan fingerprint density at radius 3 is 2.18 bits per heavy atom. The Balaban J connectivity index is 0.00000121. The molecular weight excluding hydrogens is 216 g/mol. The van der Waals surface area contributed by atoms with Gasteiger partial charge in [0.1, 0.15) is 0 Å². The monoisotopic (exact) mass is 242 g/mol. The van der Waals surface area contributed by atoms with Gasteiger partial charge in [0.05, 0.1) is 12.3 Å². The Hall–Kier alpha value is -0.860. The van der Waals surface area contributed by atoms with Crippen molar-refractivity contribution in [2.24, 2.45) is 5.92 Å². The molecule has 0 aromatic rings. The van der Waals surface area contributed by atoms with Crippen LogP contribution in [0.4, 0.5) is 0 Å². The van der Waals surface area contributed by atoms with Crippen molar-refractivity contribution >= 4 is 11.9 Å². The van der Waals surface area contributed by atoms with Crippen molar-refractivity contribution in [1.29, 1.82) is 0 Å². The van der Waals surface area contributed by atoms with Gasteiger partial charge in [-0.25, -0.2) is 0 Å². The summed E-state index contributed by atoms with van der Waals surface area (Å²) in [4.78, 5) is 21.9. The highest BCUT2D eigenvalue weighted by Crippen LogP contribution is 2.22. The molecule has 0 aromatic carbocycles. The number of hydrogen-bond donors (Lipinski definition) is 0. The third-order valence-corrected chi connectivity index (χ3v) is 2.87. The summed E-state index contributed by atoms with van der Waals surface area (Å²) in [6, 6.07) is 0. The van der Waals surface area contributed by atoms with Crippen LogP contribution in [0.3, 0.4) is 0 Å². The van der Waals surface area contributed by atoms with Crippen molar-refractivity contribution in [1.82, 2.24) is 0 Å². The average molecular weight is 242 g/mol. The number of esters is 2. The molecule has 1 heterocycles. The minimum Gasteiger partial charge on any atom is -0.393 e. The predicted octanol–water partition coefficient (Wildman–Crippen LogP) is 3.85. The van der Waals surface area contributed by atoms with E-state index in [1.807, 2.05) is 13.8 Å². The Bertz CT molecular complexity index is 224. The van der Waals surface area contributed by atoms with Gasteiger partial charge in [0, 0.05) is 0 Å². The zero-order valence-electron chi connectivity index (χ0n) is 11.5. The van der Waals surface area contributed by atoms with Crippen LogP contribution in [-0.4, -0.2) is 11.9 Å². The lowest BCUT2D eigenvalue weighted by Gasteiger charge is -2.03. The highest BCUT2D eigenvalue weighted by Gasteiger charge is 2.32. The molecule has 0 spiro atoms. The van der Waals surface area contributed by atoms with Crippen LogP contribution in [0.15, 0.2) is 0 Å². The Morgan fingerprint density at radius 1 is 1.06 bits per heavy atom. The molecule has 0 aromatic heterocycles. The molecule has 1 fully saturated rings. The highest BCUT2D eigenvalue weighted by molar-refractivity contribution is 5.94. The van der Waals surface area contributed by atoms with Gasteiger partial charge in [-0.05, 0) is 6.42 Å². The maximum atomic E-state index is 11.1. The molecule has 1 atom stereocenters. The predicted molar refractivity (Wildman–Crippen MR) is 68.5 cm³/mol. The molecule has 1 rings (SSSR count). The average Bonchev–Trinajstić information content (AvgIpc) is 2.65. The number of cyclic esters (lactones) is 2. The van der Waals surface area contributed by atoms with Gasteiger partial charge in [0.25, 0.3) is 0 Å². The first kappa shape index (κ1) is 16.1. The van der Waals surface area contributed by atoms with Crippen LogP contribution in [0.5, 0.6) is 0 Å². The molecule has 0 radical (unpaired) electrons. The first-order chi connectivity index (χ1) is 8.24. The standard InChI is InChI=1S/C12H20O3.C2H6/c1-2-3-4-5-6-7-8-10-9-11(13)15-12(10)14;1-2/h10H,2-9H2,1H3;1-2H3. The van der Waals surface area contributed by atoms with Crippen LogP contribution in [-0.2, 0) is 14.3 Å². The van der Waals surface area contributed by atoms with E-state index in [0.717, 1.165) is 19.3 Å². The van der Waals surface area contributed by atoms with Crippen molar-refractivity contribution in [3.63, 3.8) is 0 Å². The summed E-state index contributed by atoms with van der Waals surface area (Å²) in [6.45, 7) is 6.19. The quantitative estimate of drug-likeness (QED) is 0.387. The largest absolute Gasteiger partial charge is 0.393 e. The van der Waals surface area contributed by atoms with Crippen LogP contribution in [0, 0.1) is 5.92 Å². The smallest absolute Gasteiger partial charge is 0.317 e. The molecule has 3 nitrogen and oxygen atoms in total. The fourth-order valence-electron chi connectivity index (χ4n) is 1.91. The van der Waals surface area contributed by atoms with E-state index in [-0.39, 0.29) is 17.9 Å². The van der Waals surface area contributed by atoms with E-state index >= 15 is 0 Å². The van der Waals surface area contributed by atoms with E-state index < -0.39 is 0 Å². The fourth-order valence-corrected chi connectivity index (χ4v) is 1.91. The van der Waals surface area contributed by atoms with E-state index in [9.17, 15) is 9.59 Å². The van der Waals surface area contributed by atoms with Crippen LogP contribution in [0.1, 0.15) is 72.1 Å². The maximum Gasteiger partial charge on any atom is 0.317 e. The van der Waals surface area contributed by atoms with Gasteiger partial charge < -0.3 is 4.74 Å². The van der Waals surface area contributed by atoms with E-state index in [2.05, 4.69) is 11.7 Å². The van der Waals surface area contributed by atoms with E-state index in [0.29, 0.717) is 6.42 Å². The van der Waals surface area contributed by atoms with Crippen molar-refractivity contribution in [2.45, 2.75) is 72.1 Å². The molecule has 0 aliphatic carbocycles. The van der Waals surface area contributed by atoms with Gasteiger partial charge >= 0.3 is 11.9 Å². The molecule has 1 saturated heterocycles. The van der Waals surface area contributed by atoms with Gasteiger partial charge in [-0.3, -0.25) is 9.59 Å². The first-order valence-corrected chi connectivity index (χ1v) is 6.98. The number of unbranched alkanes of at least 4 members (excludes halogenated alkanes) is 5. The zero-order chi connectivity index (χ0) is 13.1. The summed E-state index contributed by atoms with van der Waals surface area (Å²) in [5.41, 5.74) is 0. The molecular formula is C14H26O3. The number of carbonyl (C=O) groups excluding carboxylic acids is 2. The molecule has 3 heteroatoms. The van der Waals surface area contributed by atoms with Gasteiger partial charge in [-0.1, -0.05) is 59.3 Å². The summed E-state index contributed by atoms with van der Waals surface area (Å²) in [6.07, 6.45) is 8.39. The van der Waals surface area contributed by atoms with Crippen LogP contribution in [0.25, 0.3) is 0 Å². The molecule has 0 amide bonds. The first-order valence-electron chi connectivity index (χ1n) is 6.98. The normalized spacial score (nSPS) is 18.6. The minimum atomic E-state index is -0.351. The molecule has 100 valence electrons. The molecule has 0 saturated carbocycles. The highest BCUT2D eigenvalue weighted by atomic mass is 16.6. The van der Waals surface area contributed by atoms with Crippen molar-refractivity contribution in [3.05, 3.63) is 0 Å². The maximum absolute atomic E-state index is 11.1. The number of carbonyl (C=O) groups is 2. The van der Waals surface area contributed by atoms with Crippen molar-refractivity contribution in [2.75, 3.05) is 0 Å². The number of rotatable bonds is 7. The van der Waals surface area contributed by atoms with Crippen molar-refractivity contribution in [3.8, 4) is 0 Å². The van der Waals surface area contributed by atoms with Crippen LogP contribution >= 0.6 is 0 Å². The topological polar surface area (TPSA) is 43.4 Å². The van der Waals surface area contributed by atoms with Gasteiger partial charge in [-0.15, -0.1) is 0 Å². The Labute approximate surface area is 105 Å². The molecule has 0 N–H and O–H groups in total. The number of ether oxygens (including phenoxy) is 1. The lowest BCUT2D eigenvalue weighted by atomic mass is 9.99. The number of hydrogen-bond acceptors (Lipinski definition) is 3. The molecule has 1 aliphatic rings. The Morgan fingerprint density at radius 2 is 1.65 bits per heavy atom. The summed E-state index contributed by atoms with van der Waals surface area (Å²) in [7, 11) is 0. The van der Waals surface area contributed by atoms with Gasteiger partial charge in [0.15, 0.2) is 0 Å². The molecule has 1 aliphatic heterocycles. The van der Waals surface area contributed by atoms with Crippen molar-refractivity contribution < 1.29 is 14.3 Å². The second-order valence-corrected chi connectivity index (χ2v) is 4.25. The van der Waals surface area contributed by atoms with Gasteiger partial charge in [0.2, 0.25) is 0 Å². The van der Waals surface area contributed by atoms with Gasteiger partial charge in [-0.2, -0.15) is 0 Å². The lowest BCUT2D eigenvalue weighted by molar-refractivity contribution is -0.153. The molecule has 1 unspecified atom stereocenters. The fraction of sp³-hybridized carbons (Fsp3) is 0.857. The van der Waals surface area contributed by atoms with E-state index in [1.165, 1.54) is 25.7 Å². The lowest BCUT2D eigenvalue weighted by Crippen LogP contribution is -2.06. The van der Waals surface area contributed by atoms with Crippen LogP contribution in [0.2, 0.25) is 0 Å². The minimum absolute atomic E-state index is 0.149. The third kappa shape index (κ3) is 7.14. The summed E-state index contributed by atoms with van der Waals surface area (Å²) in [5, 5.41) is 0. The van der Waals surface area contributed by atoms with Crippen LogP contribution < -0.4 is 0 Å². The second-order valence-electron chi connectivity index (χ2n) is 4.25. The summed E-state index contributed by atoms with van der Waals surface area (Å²) in [5.74, 6) is -0.812. The van der Waals surface area contributed by atoms with E-state index in [4.69, 9.17) is 0 Å². The second kappa shape index (κ2) is 10.3. The molecule has 0 bridgehead atoms. The third-order valence-electron chi connectivity index (χ3n) is 2.87. The summed E-state index contributed by atoms with van der Waals surface area (Å²) < 4.78 is 4.49. The van der Waals surface area contributed by atoms with E-state index in [1.54, 1.807) is 0 Å². The zero-order valence-corrected chi connectivity index (χ0v) is 11.5. The molecule has 17 heavy (non-hydrogen) atoms.